The minimum atomic E-state index is -1.28. The standard InChI is InChI=1S/C10H14N6O4/c1-14-8-6(9(18)15(2)10(14)19)16(4-12-8)3-5(17)7(11)13-20/h4-5,17,20H,3H2,1-2H3,(H2,11,13). The highest BCUT2D eigenvalue weighted by atomic mass is 16.4. The summed E-state index contributed by atoms with van der Waals surface area (Å²) >= 11 is 0. The summed E-state index contributed by atoms with van der Waals surface area (Å²) in [6.07, 6.45) is 0.0266. The summed E-state index contributed by atoms with van der Waals surface area (Å²) in [5.41, 5.74) is 4.60. The van der Waals surface area contributed by atoms with Gasteiger partial charge in [0.05, 0.1) is 12.9 Å². The van der Waals surface area contributed by atoms with Crippen LogP contribution in [0.25, 0.3) is 11.2 Å². The number of hydrogen-bond donors (Lipinski definition) is 3. The van der Waals surface area contributed by atoms with Crippen LogP contribution in [0.4, 0.5) is 0 Å². The highest BCUT2D eigenvalue weighted by Gasteiger charge is 2.17. The lowest BCUT2D eigenvalue weighted by Crippen LogP contribution is -2.38. The SMILES string of the molecule is Cn1c(=O)c2c(ncn2CC(O)C(N)=NO)n(C)c1=O. The van der Waals surface area contributed by atoms with E-state index in [1.165, 1.54) is 29.6 Å². The van der Waals surface area contributed by atoms with Crippen molar-refractivity contribution in [3.8, 4) is 0 Å². The molecule has 0 saturated carbocycles. The van der Waals surface area contributed by atoms with Gasteiger partial charge in [-0.2, -0.15) is 0 Å². The van der Waals surface area contributed by atoms with E-state index in [2.05, 4.69) is 10.1 Å². The molecule has 2 heterocycles. The number of imidazole rings is 1. The summed E-state index contributed by atoms with van der Waals surface area (Å²) in [6, 6.07) is 0. The van der Waals surface area contributed by atoms with Crippen LogP contribution in [-0.4, -0.2) is 40.9 Å². The van der Waals surface area contributed by atoms with Gasteiger partial charge >= 0.3 is 5.69 Å². The minimum absolute atomic E-state index is 0.125. The molecule has 4 N–H and O–H groups in total. The number of aliphatic hydroxyl groups is 1. The summed E-state index contributed by atoms with van der Waals surface area (Å²) in [6.45, 7) is -0.125. The van der Waals surface area contributed by atoms with Crippen molar-refractivity contribution in [3.05, 3.63) is 27.2 Å². The fourth-order valence-corrected chi connectivity index (χ4v) is 1.88. The van der Waals surface area contributed by atoms with Crippen LogP contribution in [0.5, 0.6) is 0 Å². The predicted octanol–water partition coefficient (Wildman–Crippen LogP) is -2.46. The number of amidine groups is 1. The van der Waals surface area contributed by atoms with Crippen LogP contribution in [-0.2, 0) is 20.6 Å². The van der Waals surface area contributed by atoms with E-state index in [1.807, 2.05) is 0 Å². The second kappa shape index (κ2) is 4.81. The summed E-state index contributed by atoms with van der Waals surface area (Å²) in [5, 5.41) is 20.9. The van der Waals surface area contributed by atoms with Crippen molar-refractivity contribution in [2.45, 2.75) is 12.6 Å². The van der Waals surface area contributed by atoms with Crippen molar-refractivity contribution in [1.82, 2.24) is 18.7 Å². The molecule has 108 valence electrons. The zero-order valence-electron chi connectivity index (χ0n) is 10.9. The molecule has 1 atom stereocenters. The van der Waals surface area contributed by atoms with Crippen molar-refractivity contribution >= 4 is 17.0 Å². The largest absolute Gasteiger partial charge is 0.409 e. The van der Waals surface area contributed by atoms with E-state index >= 15 is 0 Å². The number of nitrogens with two attached hydrogens (primary N) is 1. The van der Waals surface area contributed by atoms with Crippen LogP contribution < -0.4 is 17.0 Å². The van der Waals surface area contributed by atoms with Gasteiger partial charge in [0.1, 0.15) is 6.10 Å². The van der Waals surface area contributed by atoms with Gasteiger partial charge in [0, 0.05) is 14.1 Å². The predicted molar refractivity (Wildman–Crippen MR) is 69.6 cm³/mol. The number of fused-ring (bicyclic) bond motifs is 1. The van der Waals surface area contributed by atoms with E-state index in [0.29, 0.717) is 0 Å². The van der Waals surface area contributed by atoms with E-state index in [0.717, 1.165) is 4.57 Å². The number of nitrogens with zero attached hydrogens (tertiary/aromatic N) is 5. The molecular formula is C10H14N6O4. The molecule has 0 radical (unpaired) electrons. The summed E-state index contributed by atoms with van der Waals surface area (Å²) in [7, 11) is 2.84. The fraction of sp³-hybridized carbons (Fsp3) is 0.400. The van der Waals surface area contributed by atoms with Gasteiger partial charge in [-0.15, -0.1) is 0 Å². The van der Waals surface area contributed by atoms with Gasteiger partial charge in [-0.25, -0.2) is 9.78 Å². The van der Waals surface area contributed by atoms with Crippen LogP contribution in [0.3, 0.4) is 0 Å². The molecule has 0 aliphatic carbocycles. The van der Waals surface area contributed by atoms with E-state index in [1.54, 1.807) is 0 Å². The van der Waals surface area contributed by atoms with Crippen LogP contribution in [0.1, 0.15) is 0 Å². The Kier molecular flexibility index (Phi) is 3.32. The number of aliphatic hydroxyl groups excluding tert-OH is 1. The van der Waals surface area contributed by atoms with Crippen molar-refractivity contribution in [2.75, 3.05) is 0 Å². The lowest BCUT2D eigenvalue weighted by molar-refractivity contribution is 0.210. The van der Waals surface area contributed by atoms with Crippen molar-refractivity contribution < 1.29 is 10.3 Å². The van der Waals surface area contributed by atoms with E-state index in [-0.39, 0.29) is 23.5 Å². The van der Waals surface area contributed by atoms with Crippen LogP contribution in [0.2, 0.25) is 0 Å². The van der Waals surface area contributed by atoms with Crippen LogP contribution in [0, 0.1) is 0 Å². The number of oxime groups is 1. The van der Waals surface area contributed by atoms with E-state index in [4.69, 9.17) is 10.9 Å². The molecule has 10 nitrogen and oxygen atoms in total. The first-order chi connectivity index (χ1) is 9.38. The Bertz CT molecular complexity index is 798. The monoisotopic (exact) mass is 282 g/mol. The summed E-state index contributed by atoms with van der Waals surface area (Å²) in [4.78, 5) is 27.8. The van der Waals surface area contributed by atoms with Gasteiger partial charge in [-0.3, -0.25) is 13.9 Å². The molecule has 0 amide bonds. The Labute approximate surface area is 112 Å². The minimum Gasteiger partial charge on any atom is -0.409 e. The van der Waals surface area contributed by atoms with Gasteiger partial charge in [0.25, 0.3) is 5.56 Å². The van der Waals surface area contributed by atoms with Gasteiger partial charge < -0.3 is 20.6 Å². The second-order valence-electron chi connectivity index (χ2n) is 4.32. The molecule has 0 aliphatic heterocycles. The van der Waals surface area contributed by atoms with Gasteiger partial charge in [0.2, 0.25) is 0 Å². The third kappa shape index (κ3) is 1.95. The molecule has 0 bridgehead atoms. The Morgan fingerprint density at radius 2 is 2.10 bits per heavy atom. The average Bonchev–Trinajstić information content (AvgIpc) is 2.85. The summed E-state index contributed by atoms with van der Waals surface area (Å²) in [5.74, 6) is -0.381. The smallest absolute Gasteiger partial charge is 0.332 e. The van der Waals surface area contributed by atoms with Gasteiger partial charge in [0.15, 0.2) is 17.0 Å². The number of aromatic nitrogens is 4. The number of rotatable bonds is 3. The van der Waals surface area contributed by atoms with Crippen molar-refractivity contribution in [1.29, 1.82) is 0 Å². The number of aryl methyl sites for hydroxylation is 1. The third-order valence-corrected chi connectivity index (χ3v) is 3.04. The Morgan fingerprint density at radius 3 is 2.70 bits per heavy atom. The van der Waals surface area contributed by atoms with Crippen LogP contribution >= 0.6 is 0 Å². The Balaban J connectivity index is 2.64. The molecule has 2 aromatic heterocycles. The molecular weight excluding hydrogens is 268 g/mol. The van der Waals surface area contributed by atoms with E-state index in [9.17, 15) is 14.7 Å². The molecule has 0 aliphatic rings. The quantitative estimate of drug-likeness (QED) is 0.247. The zero-order chi connectivity index (χ0) is 15.0. The topological polar surface area (TPSA) is 141 Å². The second-order valence-corrected chi connectivity index (χ2v) is 4.32. The molecule has 20 heavy (non-hydrogen) atoms. The van der Waals surface area contributed by atoms with Crippen molar-refractivity contribution in [2.24, 2.45) is 25.0 Å². The van der Waals surface area contributed by atoms with Gasteiger partial charge in [-0.1, -0.05) is 5.16 Å². The zero-order valence-corrected chi connectivity index (χ0v) is 10.9. The Hall–Kier alpha value is -2.62. The molecule has 2 aromatic rings. The molecule has 1 unspecified atom stereocenters. The normalized spacial score (nSPS) is 13.8. The van der Waals surface area contributed by atoms with Crippen molar-refractivity contribution in [3.63, 3.8) is 0 Å². The van der Waals surface area contributed by atoms with Crippen LogP contribution in [0.15, 0.2) is 21.1 Å². The maximum absolute atomic E-state index is 12.1. The average molecular weight is 282 g/mol. The first-order valence-electron chi connectivity index (χ1n) is 5.64. The van der Waals surface area contributed by atoms with E-state index < -0.39 is 17.4 Å². The Morgan fingerprint density at radius 1 is 1.45 bits per heavy atom. The maximum Gasteiger partial charge on any atom is 0.332 e. The number of hydrogen-bond acceptors (Lipinski definition) is 6. The lowest BCUT2D eigenvalue weighted by atomic mass is 10.3. The molecule has 0 saturated heterocycles. The molecule has 0 fully saturated rings. The fourth-order valence-electron chi connectivity index (χ4n) is 1.88. The highest BCUT2D eigenvalue weighted by molar-refractivity contribution is 5.84. The van der Waals surface area contributed by atoms with Gasteiger partial charge in [-0.05, 0) is 0 Å². The molecule has 0 spiro atoms. The highest BCUT2D eigenvalue weighted by Crippen LogP contribution is 2.06. The molecule has 10 heteroatoms. The molecule has 2 rings (SSSR count). The summed E-state index contributed by atoms with van der Waals surface area (Å²) < 4.78 is 3.51. The maximum atomic E-state index is 12.1. The molecule has 0 aromatic carbocycles. The third-order valence-electron chi connectivity index (χ3n) is 3.04. The first-order valence-corrected chi connectivity index (χ1v) is 5.64. The first kappa shape index (κ1) is 13.8. The lowest BCUT2D eigenvalue weighted by Gasteiger charge is -2.10.